The summed E-state index contributed by atoms with van der Waals surface area (Å²) in [6.07, 6.45) is 4.22. The Bertz CT molecular complexity index is 303. The molecule has 3 N–H and O–H groups in total. The molecule has 3 heteroatoms. The van der Waals surface area contributed by atoms with Gasteiger partial charge in [0.05, 0.1) is 0 Å². The van der Waals surface area contributed by atoms with Crippen LogP contribution in [0.1, 0.15) is 30.0 Å². The number of hydrogen-bond acceptors (Lipinski definition) is 3. The molecule has 0 amide bonds. The first-order valence-corrected chi connectivity index (χ1v) is 4.73. The second-order valence-corrected chi connectivity index (χ2v) is 3.64. The van der Waals surface area contributed by atoms with E-state index in [0.29, 0.717) is 11.9 Å². The number of aryl methyl sites for hydroxylation is 1. The molecule has 0 bridgehead atoms. The second-order valence-electron chi connectivity index (χ2n) is 3.64. The van der Waals surface area contributed by atoms with E-state index in [0.717, 1.165) is 12.1 Å². The fraction of sp³-hybridized carbons (Fsp3) is 0.500. The predicted molar refractivity (Wildman–Crippen MR) is 53.4 cm³/mol. The Labute approximate surface area is 78.4 Å². The number of aromatic nitrogens is 1. The lowest BCUT2D eigenvalue weighted by Crippen LogP contribution is -2.15. The van der Waals surface area contributed by atoms with Crippen LogP contribution in [-0.4, -0.2) is 11.5 Å². The highest BCUT2D eigenvalue weighted by Crippen LogP contribution is 2.26. The topological polar surface area (TPSA) is 50.9 Å². The highest BCUT2D eigenvalue weighted by Gasteiger charge is 2.18. The van der Waals surface area contributed by atoms with Gasteiger partial charge in [0.2, 0.25) is 0 Å². The van der Waals surface area contributed by atoms with Gasteiger partial charge in [-0.15, -0.1) is 0 Å². The summed E-state index contributed by atoms with van der Waals surface area (Å²) in [5.41, 5.74) is 8.16. The van der Waals surface area contributed by atoms with E-state index in [1.807, 2.05) is 13.1 Å². The van der Waals surface area contributed by atoms with Crippen molar-refractivity contribution < 1.29 is 0 Å². The van der Waals surface area contributed by atoms with Crippen molar-refractivity contribution in [1.82, 2.24) is 10.3 Å². The van der Waals surface area contributed by atoms with Crippen molar-refractivity contribution in [3.63, 3.8) is 0 Å². The van der Waals surface area contributed by atoms with E-state index in [9.17, 15) is 0 Å². The summed E-state index contributed by atoms with van der Waals surface area (Å²) in [6, 6.07) is 2.55. The number of pyridine rings is 1. The quantitative estimate of drug-likeness (QED) is 0.681. The van der Waals surface area contributed by atoms with Gasteiger partial charge in [0.1, 0.15) is 5.82 Å². The molecule has 2 heterocycles. The van der Waals surface area contributed by atoms with Crippen molar-refractivity contribution in [1.29, 1.82) is 0 Å². The van der Waals surface area contributed by atoms with E-state index in [4.69, 9.17) is 5.73 Å². The van der Waals surface area contributed by atoms with Crippen LogP contribution in [0.4, 0.5) is 5.82 Å². The van der Waals surface area contributed by atoms with Gasteiger partial charge in [0, 0.05) is 17.8 Å². The van der Waals surface area contributed by atoms with E-state index in [2.05, 4.69) is 16.4 Å². The smallest absolute Gasteiger partial charge is 0.128 e. The van der Waals surface area contributed by atoms with Crippen LogP contribution in [0.2, 0.25) is 0 Å². The summed E-state index contributed by atoms with van der Waals surface area (Å²) in [6.45, 7) is 3.14. The van der Waals surface area contributed by atoms with Crippen LogP contribution in [0.25, 0.3) is 0 Å². The lowest BCUT2D eigenvalue weighted by molar-refractivity contribution is 0.647. The van der Waals surface area contributed by atoms with E-state index < -0.39 is 0 Å². The van der Waals surface area contributed by atoms with Gasteiger partial charge in [-0.2, -0.15) is 0 Å². The first-order valence-electron chi connectivity index (χ1n) is 4.73. The van der Waals surface area contributed by atoms with Gasteiger partial charge < -0.3 is 11.1 Å². The summed E-state index contributed by atoms with van der Waals surface area (Å²) >= 11 is 0. The Morgan fingerprint density at radius 1 is 1.62 bits per heavy atom. The Morgan fingerprint density at radius 3 is 3.15 bits per heavy atom. The average Bonchev–Trinajstić information content (AvgIpc) is 2.61. The minimum atomic E-state index is 0.424. The number of nitrogens with zero attached hydrogens (tertiary/aromatic N) is 1. The molecule has 13 heavy (non-hydrogen) atoms. The van der Waals surface area contributed by atoms with Crippen molar-refractivity contribution in [3.8, 4) is 0 Å². The highest BCUT2D eigenvalue weighted by molar-refractivity contribution is 5.43. The number of hydrogen-bond donors (Lipinski definition) is 2. The number of nitrogens with one attached hydrogen (secondary N) is 1. The molecule has 0 spiro atoms. The van der Waals surface area contributed by atoms with Gasteiger partial charge in [0.15, 0.2) is 0 Å². The molecule has 1 aromatic rings. The van der Waals surface area contributed by atoms with Crippen LogP contribution in [0.3, 0.4) is 0 Å². The molecule has 1 atom stereocenters. The van der Waals surface area contributed by atoms with Gasteiger partial charge >= 0.3 is 0 Å². The Morgan fingerprint density at radius 2 is 2.46 bits per heavy atom. The summed E-state index contributed by atoms with van der Waals surface area (Å²) in [7, 11) is 0. The van der Waals surface area contributed by atoms with E-state index in [1.165, 1.54) is 18.4 Å². The molecular weight excluding hydrogens is 162 g/mol. The average molecular weight is 177 g/mol. The molecule has 1 saturated heterocycles. The first kappa shape index (κ1) is 8.51. The van der Waals surface area contributed by atoms with E-state index >= 15 is 0 Å². The van der Waals surface area contributed by atoms with E-state index in [-0.39, 0.29) is 0 Å². The molecule has 2 rings (SSSR count). The molecule has 1 fully saturated rings. The van der Waals surface area contributed by atoms with Crippen molar-refractivity contribution in [3.05, 3.63) is 23.4 Å². The van der Waals surface area contributed by atoms with Gasteiger partial charge in [-0.1, -0.05) is 0 Å². The molecule has 1 aliphatic heterocycles. The molecule has 70 valence electrons. The zero-order chi connectivity index (χ0) is 9.26. The normalized spacial score (nSPS) is 22.1. The third-order valence-corrected chi connectivity index (χ3v) is 2.52. The van der Waals surface area contributed by atoms with E-state index in [1.54, 1.807) is 0 Å². The lowest BCUT2D eigenvalue weighted by Gasteiger charge is -2.12. The highest BCUT2D eigenvalue weighted by atomic mass is 15.0. The lowest BCUT2D eigenvalue weighted by atomic mass is 10.1. The maximum atomic E-state index is 5.82. The number of anilines is 1. The third-order valence-electron chi connectivity index (χ3n) is 2.52. The SMILES string of the molecule is Cc1cnc(N)c([C@@H]2CCCN2)c1. The first-order chi connectivity index (χ1) is 6.27. The molecule has 1 aliphatic rings. The summed E-state index contributed by atoms with van der Waals surface area (Å²) in [4.78, 5) is 4.16. The maximum absolute atomic E-state index is 5.82. The van der Waals surface area contributed by atoms with Crippen LogP contribution < -0.4 is 11.1 Å². The molecule has 0 aromatic carbocycles. The number of nitrogens with two attached hydrogens (primary N) is 1. The molecule has 0 aliphatic carbocycles. The largest absolute Gasteiger partial charge is 0.383 e. The van der Waals surface area contributed by atoms with Crippen LogP contribution in [0.5, 0.6) is 0 Å². The van der Waals surface area contributed by atoms with Gasteiger partial charge in [0.25, 0.3) is 0 Å². The summed E-state index contributed by atoms with van der Waals surface area (Å²) in [5.74, 6) is 0.671. The maximum Gasteiger partial charge on any atom is 0.128 e. The van der Waals surface area contributed by atoms with Crippen molar-refractivity contribution in [2.75, 3.05) is 12.3 Å². The van der Waals surface area contributed by atoms with Gasteiger partial charge in [-0.05, 0) is 37.9 Å². The van der Waals surface area contributed by atoms with Crippen LogP contribution in [0.15, 0.2) is 12.3 Å². The van der Waals surface area contributed by atoms with Crippen molar-refractivity contribution in [2.45, 2.75) is 25.8 Å². The molecule has 0 saturated carbocycles. The Hall–Kier alpha value is -1.09. The second kappa shape index (κ2) is 3.34. The zero-order valence-electron chi connectivity index (χ0n) is 7.88. The minimum Gasteiger partial charge on any atom is -0.383 e. The van der Waals surface area contributed by atoms with Gasteiger partial charge in [-0.25, -0.2) is 4.98 Å². The monoisotopic (exact) mass is 177 g/mol. The molecule has 0 unspecified atom stereocenters. The number of rotatable bonds is 1. The molecule has 3 nitrogen and oxygen atoms in total. The summed E-state index contributed by atoms with van der Waals surface area (Å²) in [5, 5.41) is 3.42. The van der Waals surface area contributed by atoms with Crippen LogP contribution >= 0.6 is 0 Å². The Balaban J connectivity index is 2.32. The standard InChI is InChI=1S/C10H15N3/c1-7-5-8(10(11)13-6-7)9-3-2-4-12-9/h5-6,9,12H,2-4H2,1H3,(H2,11,13)/t9-/m0/s1. The fourth-order valence-electron chi connectivity index (χ4n) is 1.83. The van der Waals surface area contributed by atoms with Crippen molar-refractivity contribution >= 4 is 5.82 Å². The minimum absolute atomic E-state index is 0.424. The third kappa shape index (κ3) is 1.65. The molecule has 0 radical (unpaired) electrons. The molecular formula is C10H15N3. The predicted octanol–water partition coefficient (Wildman–Crippen LogP) is 1.40. The zero-order valence-corrected chi connectivity index (χ0v) is 7.88. The molecule has 1 aromatic heterocycles. The fourth-order valence-corrected chi connectivity index (χ4v) is 1.83. The van der Waals surface area contributed by atoms with Crippen LogP contribution in [-0.2, 0) is 0 Å². The Kier molecular flexibility index (Phi) is 2.19. The van der Waals surface area contributed by atoms with Crippen molar-refractivity contribution in [2.24, 2.45) is 0 Å². The van der Waals surface area contributed by atoms with Crippen LogP contribution in [0, 0.1) is 6.92 Å². The summed E-state index contributed by atoms with van der Waals surface area (Å²) < 4.78 is 0. The van der Waals surface area contributed by atoms with Gasteiger partial charge in [-0.3, -0.25) is 0 Å². The number of nitrogen functional groups attached to an aromatic ring is 1.